The number of carbonyl (C=O) groups is 2. The van der Waals surface area contributed by atoms with E-state index in [0.717, 1.165) is 37.6 Å². The van der Waals surface area contributed by atoms with Crippen molar-refractivity contribution in [2.75, 3.05) is 24.7 Å². The number of rotatable bonds is 3. The molecule has 2 fully saturated rings. The van der Waals surface area contributed by atoms with E-state index >= 15 is 0 Å². The maximum Gasteiger partial charge on any atom is 0.240 e. The number of thioether (sulfide) groups is 1. The van der Waals surface area contributed by atoms with Crippen molar-refractivity contribution in [3.8, 4) is 0 Å². The fourth-order valence-electron chi connectivity index (χ4n) is 2.42. The van der Waals surface area contributed by atoms with Crippen molar-refractivity contribution in [1.82, 2.24) is 10.2 Å². The Balaban J connectivity index is 1.78. The molecule has 17 heavy (non-hydrogen) atoms. The highest BCUT2D eigenvalue weighted by Gasteiger charge is 2.30. The van der Waals surface area contributed by atoms with E-state index in [-0.39, 0.29) is 17.9 Å². The monoisotopic (exact) mass is 257 g/mol. The van der Waals surface area contributed by atoms with Crippen molar-refractivity contribution in [2.24, 2.45) is 11.7 Å². The first-order chi connectivity index (χ1) is 8.16. The summed E-state index contributed by atoms with van der Waals surface area (Å²) in [6.45, 7) is 1.53. The first kappa shape index (κ1) is 12.7. The van der Waals surface area contributed by atoms with Crippen molar-refractivity contribution in [3.05, 3.63) is 0 Å². The zero-order valence-corrected chi connectivity index (χ0v) is 10.7. The van der Waals surface area contributed by atoms with Crippen LogP contribution in [0.4, 0.5) is 0 Å². The molecule has 6 heteroatoms. The highest BCUT2D eigenvalue weighted by atomic mass is 32.2. The summed E-state index contributed by atoms with van der Waals surface area (Å²) in [5, 5.41) is 3.19. The number of carbonyl (C=O) groups excluding carboxylic acids is 2. The van der Waals surface area contributed by atoms with Crippen LogP contribution in [0.3, 0.4) is 0 Å². The molecule has 2 aliphatic heterocycles. The Morgan fingerprint density at radius 1 is 1.35 bits per heavy atom. The Kier molecular flexibility index (Phi) is 4.28. The normalized spacial score (nSPS) is 26.1. The molecule has 1 atom stereocenters. The largest absolute Gasteiger partial charge is 0.370 e. The molecule has 5 nitrogen and oxygen atoms in total. The molecule has 2 amide bonds. The Morgan fingerprint density at radius 2 is 2.06 bits per heavy atom. The van der Waals surface area contributed by atoms with Crippen LogP contribution in [0.1, 0.15) is 19.3 Å². The minimum absolute atomic E-state index is 0.00677. The Labute approximate surface area is 105 Å². The smallest absolute Gasteiger partial charge is 0.240 e. The predicted molar refractivity (Wildman–Crippen MR) is 67.4 cm³/mol. The molecule has 3 N–H and O–H groups in total. The fourth-order valence-corrected chi connectivity index (χ4v) is 3.35. The molecule has 0 aromatic rings. The third-order valence-electron chi connectivity index (χ3n) is 3.43. The van der Waals surface area contributed by atoms with Gasteiger partial charge in [-0.05, 0) is 18.8 Å². The number of nitrogens with two attached hydrogens (primary N) is 1. The first-order valence-corrected chi connectivity index (χ1v) is 7.20. The van der Waals surface area contributed by atoms with Crippen LogP contribution in [0.5, 0.6) is 0 Å². The second kappa shape index (κ2) is 5.73. The van der Waals surface area contributed by atoms with Gasteiger partial charge in [-0.15, -0.1) is 11.8 Å². The van der Waals surface area contributed by atoms with Crippen LogP contribution >= 0.6 is 11.8 Å². The van der Waals surface area contributed by atoms with Gasteiger partial charge >= 0.3 is 0 Å². The third kappa shape index (κ3) is 3.35. The lowest BCUT2D eigenvalue weighted by Crippen LogP contribution is -2.48. The number of nitrogens with one attached hydrogen (secondary N) is 1. The van der Waals surface area contributed by atoms with Gasteiger partial charge in [-0.3, -0.25) is 14.9 Å². The number of amides is 2. The van der Waals surface area contributed by atoms with Gasteiger partial charge in [0.05, 0.1) is 6.04 Å². The van der Waals surface area contributed by atoms with E-state index in [1.54, 1.807) is 11.8 Å². The molecule has 0 bridgehead atoms. The van der Waals surface area contributed by atoms with Gasteiger partial charge in [0, 0.05) is 31.1 Å². The van der Waals surface area contributed by atoms with Crippen LogP contribution in [0.2, 0.25) is 0 Å². The van der Waals surface area contributed by atoms with Gasteiger partial charge in [0.2, 0.25) is 11.8 Å². The summed E-state index contributed by atoms with van der Waals surface area (Å²) in [7, 11) is 0. The van der Waals surface area contributed by atoms with Crippen LogP contribution in [-0.2, 0) is 9.59 Å². The van der Waals surface area contributed by atoms with E-state index in [1.165, 1.54) is 0 Å². The van der Waals surface area contributed by atoms with Crippen LogP contribution in [0.15, 0.2) is 0 Å². The van der Waals surface area contributed by atoms with Crippen molar-refractivity contribution in [3.63, 3.8) is 0 Å². The average Bonchev–Trinajstić information content (AvgIpc) is 2.82. The number of hydrogen-bond donors (Lipinski definition) is 2. The molecule has 1 unspecified atom stereocenters. The number of hydrogen-bond acceptors (Lipinski definition) is 4. The zero-order valence-electron chi connectivity index (χ0n) is 9.85. The lowest BCUT2D eigenvalue weighted by molar-refractivity contribution is -0.134. The van der Waals surface area contributed by atoms with E-state index in [4.69, 9.17) is 5.73 Å². The molecule has 0 aromatic heterocycles. The topological polar surface area (TPSA) is 75.4 Å². The highest BCUT2D eigenvalue weighted by Crippen LogP contribution is 2.21. The van der Waals surface area contributed by atoms with Gasteiger partial charge in [-0.1, -0.05) is 0 Å². The molecule has 2 rings (SSSR count). The summed E-state index contributed by atoms with van der Waals surface area (Å²) in [6.07, 6.45) is 2.25. The summed E-state index contributed by atoms with van der Waals surface area (Å²) in [5.74, 6) is 2.09. The Bertz CT molecular complexity index is 297. The lowest BCUT2D eigenvalue weighted by atomic mass is 9.93. The second-order valence-electron chi connectivity index (χ2n) is 4.71. The zero-order chi connectivity index (χ0) is 12.3. The summed E-state index contributed by atoms with van der Waals surface area (Å²) >= 11 is 1.76. The van der Waals surface area contributed by atoms with Crippen molar-refractivity contribution in [2.45, 2.75) is 25.3 Å². The summed E-state index contributed by atoms with van der Waals surface area (Å²) in [6, 6.07) is -0.00677. The van der Waals surface area contributed by atoms with Crippen molar-refractivity contribution >= 4 is 23.6 Å². The standard InChI is InChI=1S/C11H19N3O2S/c12-10(15)5-8-1-3-14(4-2-8)11(16)9-6-17-7-13-9/h8-9,13H,1-7H2,(H2,12,15). The minimum atomic E-state index is -0.233. The molecule has 2 saturated heterocycles. The molecule has 0 aliphatic carbocycles. The average molecular weight is 257 g/mol. The fraction of sp³-hybridized carbons (Fsp3) is 0.818. The third-order valence-corrected chi connectivity index (χ3v) is 4.37. The summed E-state index contributed by atoms with van der Waals surface area (Å²) in [5.41, 5.74) is 5.19. The number of piperidine rings is 1. The van der Waals surface area contributed by atoms with Crippen LogP contribution in [-0.4, -0.2) is 47.5 Å². The van der Waals surface area contributed by atoms with Crippen LogP contribution in [0, 0.1) is 5.92 Å². The SMILES string of the molecule is NC(=O)CC1CCN(C(=O)C2CSCN2)CC1. The van der Waals surface area contributed by atoms with Gasteiger partial charge in [0.15, 0.2) is 0 Å². The number of primary amides is 1. The molecular formula is C11H19N3O2S. The molecule has 96 valence electrons. The molecule has 2 heterocycles. The maximum absolute atomic E-state index is 12.1. The highest BCUT2D eigenvalue weighted by molar-refractivity contribution is 7.99. The first-order valence-electron chi connectivity index (χ1n) is 6.05. The Hall–Kier alpha value is -0.750. The summed E-state index contributed by atoms with van der Waals surface area (Å²) < 4.78 is 0. The molecule has 0 spiro atoms. The van der Waals surface area contributed by atoms with Gasteiger partial charge in [0.25, 0.3) is 0 Å². The Morgan fingerprint density at radius 3 is 2.59 bits per heavy atom. The summed E-state index contributed by atoms with van der Waals surface area (Å²) in [4.78, 5) is 24.8. The molecular weight excluding hydrogens is 238 g/mol. The van der Waals surface area contributed by atoms with Gasteiger partial charge in [0.1, 0.15) is 0 Å². The quantitative estimate of drug-likeness (QED) is 0.732. The number of nitrogens with zero attached hydrogens (tertiary/aromatic N) is 1. The molecule has 0 saturated carbocycles. The lowest BCUT2D eigenvalue weighted by Gasteiger charge is -2.33. The van der Waals surface area contributed by atoms with Crippen LogP contribution in [0.25, 0.3) is 0 Å². The molecule has 2 aliphatic rings. The maximum atomic E-state index is 12.1. The molecule has 0 radical (unpaired) electrons. The van der Waals surface area contributed by atoms with E-state index in [9.17, 15) is 9.59 Å². The van der Waals surface area contributed by atoms with E-state index in [1.807, 2.05) is 4.90 Å². The van der Waals surface area contributed by atoms with E-state index in [2.05, 4.69) is 5.32 Å². The van der Waals surface area contributed by atoms with E-state index < -0.39 is 0 Å². The van der Waals surface area contributed by atoms with Gasteiger partial charge in [-0.2, -0.15) is 0 Å². The van der Waals surface area contributed by atoms with E-state index in [0.29, 0.717) is 12.3 Å². The number of likely N-dealkylation sites (tertiary alicyclic amines) is 1. The predicted octanol–water partition coefficient (Wildman–Crippen LogP) is -0.237. The van der Waals surface area contributed by atoms with Crippen molar-refractivity contribution in [1.29, 1.82) is 0 Å². The van der Waals surface area contributed by atoms with Crippen LogP contribution < -0.4 is 11.1 Å². The van der Waals surface area contributed by atoms with Crippen molar-refractivity contribution < 1.29 is 9.59 Å². The van der Waals surface area contributed by atoms with Gasteiger partial charge < -0.3 is 10.6 Å². The second-order valence-corrected chi connectivity index (χ2v) is 5.74. The molecule has 0 aromatic carbocycles. The van der Waals surface area contributed by atoms with Gasteiger partial charge in [-0.25, -0.2) is 0 Å². The minimum Gasteiger partial charge on any atom is -0.370 e.